The van der Waals surface area contributed by atoms with Crippen LogP contribution in [0.4, 0.5) is 0 Å². The van der Waals surface area contributed by atoms with E-state index >= 15 is 0 Å². The van der Waals surface area contributed by atoms with Gasteiger partial charge in [-0.3, -0.25) is 0 Å². The van der Waals surface area contributed by atoms with Crippen LogP contribution in [0.25, 0.3) is 12.2 Å². The van der Waals surface area contributed by atoms with Gasteiger partial charge in [0.1, 0.15) is 0 Å². The third-order valence-electron chi connectivity index (χ3n) is 3.10. The zero-order valence-corrected chi connectivity index (χ0v) is 12.0. The zero-order valence-electron chi connectivity index (χ0n) is 9.89. The Morgan fingerprint density at radius 1 is 1.44 bits per heavy atom. The van der Waals surface area contributed by atoms with E-state index in [1.54, 1.807) is 0 Å². The molecule has 0 radical (unpaired) electrons. The van der Waals surface area contributed by atoms with Crippen molar-refractivity contribution in [3.8, 4) is 0 Å². The van der Waals surface area contributed by atoms with Crippen LogP contribution in [-0.4, -0.2) is 0 Å². The number of rotatable bonds is 2. The van der Waals surface area contributed by atoms with Gasteiger partial charge < -0.3 is 0 Å². The maximum atomic E-state index is 2.46. The normalized spacial score (nSPS) is 14.4. The molecule has 0 saturated carbocycles. The molecule has 1 aliphatic rings. The smallest absolute Gasteiger partial charge is 0.0208 e. The third kappa shape index (κ3) is 2.24. The highest BCUT2D eigenvalue weighted by molar-refractivity contribution is 14.1. The molecule has 84 valence electrons. The van der Waals surface area contributed by atoms with Crippen LogP contribution < -0.4 is 0 Å². The molecule has 2 rings (SSSR count). The quantitative estimate of drug-likeness (QED) is 0.673. The predicted molar refractivity (Wildman–Crippen MR) is 80.6 cm³/mol. The lowest BCUT2D eigenvalue weighted by atomic mass is 9.90. The van der Waals surface area contributed by atoms with E-state index in [-0.39, 0.29) is 0 Å². The Balaban J connectivity index is 2.55. The van der Waals surface area contributed by atoms with Crippen molar-refractivity contribution in [3.63, 3.8) is 0 Å². The summed E-state index contributed by atoms with van der Waals surface area (Å²) >= 11 is 2.46. The SMILES string of the molecule is CC/C=C\c1c(I)cc2c(c1C)C=CCC2. The minimum absolute atomic E-state index is 1.10. The van der Waals surface area contributed by atoms with Crippen LogP contribution >= 0.6 is 22.6 Å². The second-order valence-electron chi connectivity index (χ2n) is 4.22. The molecule has 16 heavy (non-hydrogen) atoms. The number of fused-ring (bicyclic) bond motifs is 1. The highest BCUT2D eigenvalue weighted by Gasteiger charge is 2.12. The molecule has 1 aromatic rings. The number of hydrogen-bond acceptors (Lipinski definition) is 0. The van der Waals surface area contributed by atoms with Crippen LogP contribution in [0, 0.1) is 10.5 Å². The van der Waals surface area contributed by atoms with E-state index in [0.29, 0.717) is 0 Å². The Bertz CT molecular complexity index is 453. The molecular weight excluding hydrogens is 307 g/mol. The number of allylic oxidation sites excluding steroid dienone is 2. The average molecular weight is 324 g/mol. The van der Waals surface area contributed by atoms with Crippen LogP contribution in [0.5, 0.6) is 0 Å². The van der Waals surface area contributed by atoms with Gasteiger partial charge in [0.05, 0.1) is 0 Å². The molecular formula is C15H17I. The minimum atomic E-state index is 1.10. The fraction of sp³-hybridized carbons (Fsp3) is 0.333. The van der Waals surface area contributed by atoms with E-state index in [1.807, 2.05) is 0 Å². The van der Waals surface area contributed by atoms with Gasteiger partial charge in [-0.15, -0.1) is 0 Å². The highest BCUT2D eigenvalue weighted by Crippen LogP contribution is 2.29. The molecule has 1 aromatic carbocycles. The number of halogens is 1. The topological polar surface area (TPSA) is 0 Å². The van der Waals surface area contributed by atoms with Crippen molar-refractivity contribution in [1.82, 2.24) is 0 Å². The largest absolute Gasteiger partial charge is 0.0842 e. The van der Waals surface area contributed by atoms with E-state index in [9.17, 15) is 0 Å². The van der Waals surface area contributed by atoms with Gasteiger partial charge in [-0.1, -0.05) is 31.2 Å². The van der Waals surface area contributed by atoms with E-state index in [0.717, 1.165) is 6.42 Å². The summed E-state index contributed by atoms with van der Waals surface area (Å²) in [6.07, 6.45) is 12.6. The Labute approximate surface area is 112 Å². The lowest BCUT2D eigenvalue weighted by Crippen LogP contribution is -2.00. The average Bonchev–Trinajstić information content (AvgIpc) is 2.29. The Hall–Kier alpha value is -0.570. The van der Waals surface area contributed by atoms with Crippen molar-refractivity contribution in [2.75, 3.05) is 0 Å². The van der Waals surface area contributed by atoms with Gasteiger partial charge >= 0.3 is 0 Å². The number of hydrogen-bond donors (Lipinski definition) is 0. The molecule has 0 saturated heterocycles. The minimum Gasteiger partial charge on any atom is -0.0842 e. The molecule has 0 aromatic heterocycles. The molecule has 0 N–H and O–H groups in total. The molecule has 0 atom stereocenters. The van der Waals surface area contributed by atoms with Gasteiger partial charge in [-0.25, -0.2) is 0 Å². The summed E-state index contributed by atoms with van der Waals surface area (Å²) in [6.45, 7) is 4.42. The van der Waals surface area contributed by atoms with Gasteiger partial charge in [0.25, 0.3) is 0 Å². The van der Waals surface area contributed by atoms with Gasteiger partial charge in [-0.05, 0) is 77.1 Å². The maximum absolute atomic E-state index is 2.46. The second-order valence-corrected chi connectivity index (χ2v) is 5.38. The first-order valence-corrected chi connectivity index (χ1v) is 6.97. The lowest BCUT2D eigenvalue weighted by molar-refractivity contribution is 0.978. The highest BCUT2D eigenvalue weighted by atomic mass is 127. The lowest BCUT2D eigenvalue weighted by Gasteiger charge is -2.16. The molecule has 0 nitrogen and oxygen atoms in total. The van der Waals surface area contributed by atoms with Gasteiger partial charge in [0.15, 0.2) is 0 Å². The van der Waals surface area contributed by atoms with Crippen molar-refractivity contribution in [2.45, 2.75) is 33.1 Å². The van der Waals surface area contributed by atoms with E-state index < -0.39 is 0 Å². The standard InChI is InChI=1S/C15H17I/c1-3-4-8-14-11(2)13-9-6-5-7-12(13)10-15(14)16/h4,6,8-10H,3,5,7H2,1-2H3/b8-4-. The summed E-state index contributed by atoms with van der Waals surface area (Å²) in [5, 5.41) is 0. The Morgan fingerprint density at radius 2 is 2.25 bits per heavy atom. The van der Waals surface area contributed by atoms with Crippen molar-refractivity contribution in [1.29, 1.82) is 0 Å². The molecule has 0 unspecified atom stereocenters. The van der Waals surface area contributed by atoms with Crippen molar-refractivity contribution in [3.05, 3.63) is 44.0 Å². The first-order chi connectivity index (χ1) is 7.74. The fourth-order valence-corrected chi connectivity index (χ4v) is 3.15. The van der Waals surface area contributed by atoms with Crippen molar-refractivity contribution >= 4 is 34.7 Å². The second kappa shape index (κ2) is 5.17. The fourth-order valence-electron chi connectivity index (χ4n) is 2.19. The van der Waals surface area contributed by atoms with Crippen LogP contribution in [0.3, 0.4) is 0 Å². The molecule has 0 amide bonds. The molecule has 0 bridgehead atoms. The summed E-state index contributed by atoms with van der Waals surface area (Å²) in [6, 6.07) is 2.35. The molecule has 0 heterocycles. The summed E-state index contributed by atoms with van der Waals surface area (Å²) in [4.78, 5) is 0. The van der Waals surface area contributed by atoms with Crippen LogP contribution in [0.2, 0.25) is 0 Å². The molecule has 1 aliphatic carbocycles. The molecule has 0 aliphatic heterocycles. The number of aryl methyl sites for hydroxylation is 1. The Morgan fingerprint density at radius 3 is 3.00 bits per heavy atom. The van der Waals surface area contributed by atoms with Gasteiger partial charge in [0, 0.05) is 3.57 Å². The van der Waals surface area contributed by atoms with Gasteiger partial charge in [0.2, 0.25) is 0 Å². The maximum Gasteiger partial charge on any atom is 0.0208 e. The predicted octanol–water partition coefficient (Wildman–Crippen LogP) is 4.98. The monoisotopic (exact) mass is 324 g/mol. The Kier molecular flexibility index (Phi) is 3.85. The first kappa shape index (κ1) is 11.9. The first-order valence-electron chi connectivity index (χ1n) is 5.89. The van der Waals surface area contributed by atoms with Crippen molar-refractivity contribution in [2.24, 2.45) is 0 Å². The van der Waals surface area contributed by atoms with Crippen molar-refractivity contribution < 1.29 is 0 Å². The molecule has 0 fully saturated rings. The van der Waals surface area contributed by atoms with E-state index in [2.05, 4.69) is 66.8 Å². The zero-order chi connectivity index (χ0) is 11.5. The van der Waals surface area contributed by atoms with Crippen LogP contribution in [0.15, 0.2) is 18.2 Å². The van der Waals surface area contributed by atoms with E-state index in [1.165, 1.54) is 38.7 Å². The molecule has 1 heteroatoms. The number of benzene rings is 1. The third-order valence-corrected chi connectivity index (χ3v) is 3.99. The van der Waals surface area contributed by atoms with Crippen LogP contribution in [-0.2, 0) is 6.42 Å². The van der Waals surface area contributed by atoms with Gasteiger partial charge in [-0.2, -0.15) is 0 Å². The molecule has 0 spiro atoms. The van der Waals surface area contributed by atoms with Crippen LogP contribution in [0.1, 0.15) is 42.0 Å². The summed E-state index contributed by atoms with van der Waals surface area (Å²) in [5.74, 6) is 0. The summed E-state index contributed by atoms with van der Waals surface area (Å²) in [5.41, 5.74) is 5.79. The van der Waals surface area contributed by atoms with E-state index in [4.69, 9.17) is 0 Å². The summed E-state index contributed by atoms with van der Waals surface area (Å²) < 4.78 is 1.38. The summed E-state index contributed by atoms with van der Waals surface area (Å²) in [7, 11) is 0.